The molecule has 0 fully saturated rings. The summed E-state index contributed by atoms with van der Waals surface area (Å²) in [6.07, 6.45) is 3.08. The van der Waals surface area contributed by atoms with Crippen molar-refractivity contribution < 1.29 is 29.3 Å². The molecule has 0 radical (unpaired) electrons. The zero-order valence-corrected chi connectivity index (χ0v) is 18.5. The van der Waals surface area contributed by atoms with Crippen molar-refractivity contribution >= 4 is 29.5 Å². The number of rotatable bonds is 10. The Bertz CT molecular complexity index is 893. The molecule has 0 heterocycles. The van der Waals surface area contributed by atoms with E-state index in [1.807, 2.05) is 18.4 Å². The van der Waals surface area contributed by atoms with Crippen LogP contribution in [0.2, 0.25) is 0 Å². The number of carbonyl (C=O) groups is 2. The second-order valence-electron chi connectivity index (χ2n) is 7.27. The third-order valence-corrected chi connectivity index (χ3v) is 5.18. The molecule has 3 N–H and O–H groups in total. The Hall–Kier alpha value is -2.97. The molecule has 31 heavy (non-hydrogen) atoms. The number of ether oxygens (including phenoxy) is 2. The van der Waals surface area contributed by atoms with Gasteiger partial charge in [0, 0.05) is 22.1 Å². The minimum absolute atomic E-state index is 0.0986. The average Bonchev–Trinajstić information content (AvgIpc) is 2.75. The molecule has 0 aliphatic rings. The molecule has 0 saturated carbocycles. The van der Waals surface area contributed by atoms with Crippen LogP contribution in [-0.4, -0.2) is 41.7 Å². The summed E-state index contributed by atoms with van der Waals surface area (Å²) in [6.45, 7) is 3.64. The van der Waals surface area contributed by atoms with E-state index >= 15 is 0 Å². The molecule has 7 nitrogen and oxygen atoms in total. The van der Waals surface area contributed by atoms with Crippen molar-refractivity contribution in [1.82, 2.24) is 0 Å². The molecule has 0 bridgehead atoms. The highest BCUT2D eigenvalue weighted by atomic mass is 32.2. The maximum Gasteiger partial charge on any atom is 0.412 e. The summed E-state index contributed by atoms with van der Waals surface area (Å²) in [4.78, 5) is 24.7. The molecule has 2 rings (SSSR count). The number of hydrogen-bond donors (Lipinski definition) is 3. The Kier molecular flexibility index (Phi) is 8.96. The molecule has 0 aliphatic carbocycles. The fourth-order valence-electron chi connectivity index (χ4n) is 2.85. The molecular weight excluding hydrogens is 418 g/mol. The summed E-state index contributed by atoms with van der Waals surface area (Å²) >= 11 is 1.60. The van der Waals surface area contributed by atoms with Gasteiger partial charge in [-0.1, -0.05) is 32.1 Å². The molecule has 8 heteroatoms. The highest BCUT2D eigenvalue weighted by molar-refractivity contribution is 7.98. The van der Waals surface area contributed by atoms with Gasteiger partial charge in [-0.25, -0.2) is 9.59 Å². The highest BCUT2D eigenvalue weighted by Gasteiger charge is 2.32. The van der Waals surface area contributed by atoms with Crippen molar-refractivity contribution in [2.24, 2.45) is 5.41 Å². The van der Waals surface area contributed by atoms with E-state index in [9.17, 15) is 9.59 Å². The molecule has 0 aliphatic heterocycles. The number of carboxylic acid groups (broad SMARTS) is 1. The lowest BCUT2D eigenvalue weighted by molar-refractivity contribution is -0.131. The van der Waals surface area contributed by atoms with Gasteiger partial charge in [0.15, 0.2) is 0 Å². The second kappa shape index (κ2) is 11.4. The van der Waals surface area contributed by atoms with Gasteiger partial charge in [-0.05, 0) is 48.2 Å². The van der Waals surface area contributed by atoms with E-state index in [-0.39, 0.29) is 13.2 Å². The lowest BCUT2D eigenvalue weighted by Gasteiger charge is -2.31. The molecule has 2 aromatic carbocycles. The predicted octanol–water partition coefficient (Wildman–Crippen LogP) is 4.74. The lowest BCUT2D eigenvalue weighted by Crippen LogP contribution is -2.27. The van der Waals surface area contributed by atoms with Crippen molar-refractivity contribution in [1.29, 1.82) is 0 Å². The maximum absolute atomic E-state index is 12.6. The first kappa shape index (κ1) is 24.3. The number of carbonyl (C=O) groups excluding carboxylic acids is 1. The van der Waals surface area contributed by atoms with Gasteiger partial charge in [0.05, 0.1) is 6.61 Å². The number of anilines is 1. The molecule has 1 atom stereocenters. The monoisotopic (exact) mass is 445 g/mol. The highest BCUT2D eigenvalue weighted by Crippen LogP contribution is 2.39. The standard InChI is InChI=1S/C23H27NO6S/c1-23(2,13-12-20(26)27)21(16-4-8-18(9-5-16)29-15-14-25)30-22(28)24-17-6-10-19(31-3)11-7-17/h4-13,21,25H,14-15H2,1-3H3,(H,24,28)(H,26,27)/b13-12+/t21-/m0/s1. The first-order valence-electron chi connectivity index (χ1n) is 9.62. The van der Waals surface area contributed by atoms with Gasteiger partial charge in [0.2, 0.25) is 0 Å². The van der Waals surface area contributed by atoms with Crippen LogP contribution in [0.1, 0.15) is 25.5 Å². The predicted molar refractivity (Wildman–Crippen MR) is 121 cm³/mol. The second-order valence-corrected chi connectivity index (χ2v) is 8.15. The fraction of sp³-hybridized carbons (Fsp3) is 0.304. The Morgan fingerprint density at radius 3 is 2.32 bits per heavy atom. The minimum atomic E-state index is -1.09. The molecule has 166 valence electrons. The third kappa shape index (κ3) is 7.66. The van der Waals surface area contributed by atoms with Gasteiger partial charge in [0.25, 0.3) is 0 Å². The summed E-state index contributed by atoms with van der Waals surface area (Å²) in [5, 5.41) is 20.6. The van der Waals surface area contributed by atoms with E-state index in [1.54, 1.807) is 62.0 Å². The van der Waals surface area contributed by atoms with Crippen LogP contribution in [0.3, 0.4) is 0 Å². The van der Waals surface area contributed by atoms with Crippen LogP contribution in [0.4, 0.5) is 10.5 Å². The zero-order chi connectivity index (χ0) is 22.9. The first-order chi connectivity index (χ1) is 14.7. The van der Waals surface area contributed by atoms with Crippen molar-refractivity contribution in [2.45, 2.75) is 24.8 Å². The van der Waals surface area contributed by atoms with Gasteiger partial charge >= 0.3 is 12.1 Å². The fourth-order valence-corrected chi connectivity index (χ4v) is 3.26. The quantitative estimate of drug-likeness (QED) is 0.358. The van der Waals surface area contributed by atoms with Crippen molar-refractivity contribution in [3.8, 4) is 5.75 Å². The number of aliphatic carboxylic acids is 1. The van der Waals surface area contributed by atoms with E-state index in [0.29, 0.717) is 17.0 Å². The third-order valence-electron chi connectivity index (χ3n) is 4.44. The van der Waals surface area contributed by atoms with E-state index in [4.69, 9.17) is 19.7 Å². The van der Waals surface area contributed by atoms with E-state index in [1.165, 1.54) is 6.08 Å². The Balaban J connectivity index is 2.23. The Labute approximate surface area is 186 Å². The topological polar surface area (TPSA) is 105 Å². The number of carboxylic acids is 1. The lowest BCUT2D eigenvalue weighted by atomic mass is 9.82. The molecule has 2 aromatic rings. The van der Waals surface area contributed by atoms with E-state index < -0.39 is 23.6 Å². The van der Waals surface area contributed by atoms with Gasteiger partial charge in [-0.2, -0.15) is 0 Å². The smallest absolute Gasteiger partial charge is 0.412 e. The maximum atomic E-state index is 12.6. The van der Waals surface area contributed by atoms with Crippen molar-refractivity contribution in [3.05, 3.63) is 66.2 Å². The molecule has 0 saturated heterocycles. The molecule has 0 aromatic heterocycles. The van der Waals surface area contributed by atoms with Gasteiger partial charge in [-0.3, -0.25) is 5.32 Å². The van der Waals surface area contributed by atoms with Crippen molar-refractivity contribution in [3.63, 3.8) is 0 Å². The van der Waals surface area contributed by atoms with Crippen LogP contribution in [0.15, 0.2) is 65.6 Å². The van der Waals surface area contributed by atoms with E-state index in [2.05, 4.69) is 5.32 Å². The summed E-state index contributed by atoms with van der Waals surface area (Å²) in [5.41, 5.74) is 0.448. The SMILES string of the molecule is CSc1ccc(NC(=O)O[C@@H](c2ccc(OCCO)cc2)C(C)(C)/C=C/C(=O)O)cc1. The first-order valence-corrected chi connectivity index (χ1v) is 10.8. The largest absolute Gasteiger partial charge is 0.491 e. The number of aliphatic hydroxyl groups excluding tert-OH is 1. The summed E-state index contributed by atoms with van der Waals surface area (Å²) < 4.78 is 11.1. The van der Waals surface area contributed by atoms with Crippen LogP contribution in [0.5, 0.6) is 5.75 Å². The Morgan fingerprint density at radius 2 is 1.77 bits per heavy atom. The van der Waals surface area contributed by atoms with Crippen LogP contribution in [-0.2, 0) is 9.53 Å². The van der Waals surface area contributed by atoms with Gasteiger partial charge < -0.3 is 19.7 Å². The van der Waals surface area contributed by atoms with E-state index in [0.717, 1.165) is 11.0 Å². The average molecular weight is 446 g/mol. The van der Waals surface area contributed by atoms with Gasteiger partial charge in [0.1, 0.15) is 18.5 Å². The summed E-state index contributed by atoms with van der Waals surface area (Å²) in [7, 11) is 0. The van der Waals surface area contributed by atoms with Crippen LogP contribution >= 0.6 is 11.8 Å². The normalized spacial score (nSPS) is 12.4. The number of hydrogen-bond acceptors (Lipinski definition) is 6. The summed E-state index contributed by atoms with van der Waals surface area (Å²) in [5.74, 6) is -0.522. The van der Waals surface area contributed by atoms with Crippen LogP contribution < -0.4 is 10.1 Å². The van der Waals surface area contributed by atoms with Gasteiger partial charge in [-0.15, -0.1) is 11.8 Å². The van der Waals surface area contributed by atoms with Crippen LogP contribution in [0.25, 0.3) is 0 Å². The molecule has 0 unspecified atom stereocenters. The summed E-state index contributed by atoms with van der Waals surface area (Å²) in [6, 6.07) is 14.2. The number of aliphatic hydroxyl groups is 1. The molecule has 0 spiro atoms. The number of nitrogens with one attached hydrogen (secondary N) is 1. The van der Waals surface area contributed by atoms with Crippen LogP contribution in [0, 0.1) is 5.41 Å². The number of thioether (sulfide) groups is 1. The Morgan fingerprint density at radius 1 is 1.13 bits per heavy atom. The molecular formula is C23H27NO6S. The minimum Gasteiger partial charge on any atom is -0.491 e. The number of amides is 1. The zero-order valence-electron chi connectivity index (χ0n) is 17.7. The molecule has 1 amide bonds. The number of benzene rings is 2. The van der Waals surface area contributed by atoms with Crippen molar-refractivity contribution in [2.75, 3.05) is 24.8 Å².